The van der Waals surface area contributed by atoms with E-state index in [0.717, 1.165) is 26.4 Å². The van der Waals surface area contributed by atoms with Gasteiger partial charge in [-0.15, -0.1) is 11.3 Å². The SMILES string of the molecule is CN1C(=N)NC(c2ccc3sc4ccc(C(F)(F)F)cc4c3c2)CC1=O. The van der Waals surface area contributed by atoms with E-state index in [0.29, 0.717) is 5.39 Å². The van der Waals surface area contributed by atoms with Gasteiger partial charge in [0.1, 0.15) is 0 Å². The number of thiophene rings is 1. The fraction of sp³-hybridized carbons (Fsp3) is 0.222. The normalized spacial score (nSPS) is 18.6. The Morgan fingerprint density at radius 1 is 1.15 bits per heavy atom. The van der Waals surface area contributed by atoms with Crippen LogP contribution in [0.2, 0.25) is 0 Å². The molecule has 0 aliphatic carbocycles. The number of nitrogens with zero attached hydrogens (tertiary/aromatic N) is 1. The number of fused-ring (bicyclic) bond motifs is 3. The molecule has 1 fully saturated rings. The second-order valence-corrected chi connectivity index (χ2v) is 7.35. The van der Waals surface area contributed by atoms with E-state index in [1.165, 1.54) is 35.4 Å². The summed E-state index contributed by atoms with van der Waals surface area (Å²) in [4.78, 5) is 13.2. The minimum absolute atomic E-state index is 0.0147. The molecule has 1 saturated heterocycles. The Morgan fingerprint density at radius 2 is 1.81 bits per heavy atom. The standard InChI is InChI=1S/C18H14F3N3OS/c1-24-16(25)8-13(23-17(24)22)9-2-4-14-11(6-9)12-7-10(18(19,20)21)3-5-15(12)26-14/h2-7,13H,8H2,1H3,(H2,22,23). The molecular formula is C18H14F3N3OS. The van der Waals surface area contributed by atoms with Crippen molar-refractivity contribution in [3.8, 4) is 0 Å². The molecule has 0 bridgehead atoms. The van der Waals surface area contributed by atoms with Crippen molar-refractivity contribution in [1.29, 1.82) is 5.41 Å². The number of hydrogen-bond acceptors (Lipinski definition) is 3. The molecule has 134 valence electrons. The van der Waals surface area contributed by atoms with Crippen molar-refractivity contribution in [3.63, 3.8) is 0 Å². The lowest BCUT2D eigenvalue weighted by molar-refractivity contribution is -0.137. The Labute approximate surface area is 150 Å². The van der Waals surface area contributed by atoms with Gasteiger partial charge in [-0.25, -0.2) is 0 Å². The zero-order valence-corrected chi connectivity index (χ0v) is 14.5. The van der Waals surface area contributed by atoms with Crippen LogP contribution in [0.3, 0.4) is 0 Å². The number of carbonyl (C=O) groups excluding carboxylic acids is 1. The Hall–Kier alpha value is -2.61. The molecule has 1 aliphatic rings. The molecule has 1 atom stereocenters. The minimum Gasteiger partial charge on any atom is -0.349 e. The van der Waals surface area contributed by atoms with Crippen molar-refractivity contribution in [2.45, 2.75) is 18.6 Å². The van der Waals surface area contributed by atoms with E-state index in [-0.39, 0.29) is 24.3 Å². The highest BCUT2D eigenvalue weighted by Gasteiger charge is 2.31. The lowest BCUT2D eigenvalue weighted by Gasteiger charge is -2.31. The summed E-state index contributed by atoms with van der Waals surface area (Å²) in [5, 5.41) is 12.1. The lowest BCUT2D eigenvalue weighted by Crippen LogP contribution is -2.49. The zero-order valence-electron chi connectivity index (χ0n) is 13.6. The highest BCUT2D eigenvalue weighted by atomic mass is 32.1. The van der Waals surface area contributed by atoms with Gasteiger partial charge >= 0.3 is 6.18 Å². The molecule has 1 aromatic heterocycles. The van der Waals surface area contributed by atoms with Crippen molar-refractivity contribution in [2.75, 3.05) is 7.05 Å². The molecule has 3 aromatic rings. The summed E-state index contributed by atoms with van der Waals surface area (Å²) >= 11 is 1.43. The van der Waals surface area contributed by atoms with Crippen LogP contribution in [0.4, 0.5) is 13.2 Å². The van der Waals surface area contributed by atoms with Crippen LogP contribution in [0.5, 0.6) is 0 Å². The molecule has 2 aromatic carbocycles. The average molecular weight is 377 g/mol. The number of guanidine groups is 1. The summed E-state index contributed by atoms with van der Waals surface area (Å²) in [7, 11) is 1.53. The van der Waals surface area contributed by atoms with Crippen LogP contribution in [0.25, 0.3) is 20.2 Å². The molecule has 4 nitrogen and oxygen atoms in total. The third kappa shape index (κ3) is 2.70. The number of rotatable bonds is 1. The van der Waals surface area contributed by atoms with E-state index >= 15 is 0 Å². The van der Waals surface area contributed by atoms with E-state index in [4.69, 9.17) is 5.41 Å². The van der Waals surface area contributed by atoms with Crippen molar-refractivity contribution in [1.82, 2.24) is 10.2 Å². The molecular weight excluding hydrogens is 363 g/mol. The Morgan fingerprint density at radius 3 is 2.46 bits per heavy atom. The van der Waals surface area contributed by atoms with E-state index in [1.807, 2.05) is 18.2 Å². The van der Waals surface area contributed by atoms with Gasteiger partial charge in [0.2, 0.25) is 5.91 Å². The Balaban J connectivity index is 1.82. The van der Waals surface area contributed by atoms with Crippen molar-refractivity contribution >= 4 is 43.4 Å². The molecule has 8 heteroatoms. The molecule has 0 radical (unpaired) electrons. The number of hydrogen-bond donors (Lipinski definition) is 2. The van der Waals surface area contributed by atoms with Gasteiger partial charge in [-0.05, 0) is 35.9 Å². The van der Waals surface area contributed by atoms with Crippen LogP contribution >= 0.6 is 11.3 Å². The smallest absolute Gasteiger partial charge is 0.349 e. The van der Waals surface area contributed by atoms with Gasteiger partial charge in [-0.2, -0.15) is 13.2 Å². The van der Waals surface area contributed by atoms with Gasteiger partial charge < -0.3 is 5.32 Å². The first-order chi connectivity index (χ1) is 12.2. The number of benzene rings is 2. The highest BCUT2D eigenvalue weighted by Crippen LogP contribution is 2.39. The summed E-state index contributed by atoms with van der Waals surface area (Å²) in [6, 6.07) is 8.93. The van der Waals surface area contributed by atoms with Gasteiger partial charge in [0.15, 0.2) is 5.96 Å². The van der Waals surface area contributed by atoms with E-state index in [2.05, 4.69) is 5.32 Å². The Kier molecular flexibility index (Phi) is 3.69. The fourth-order valence-corrected chi connectivity index (χ4v) is 4.21. The molecule has 4 rings (SSSR count). The van der Waals surface area contributed by atoms with Gasteiger partial charge in [0, 0.05) is 27.2 Å². The summed E-state index contributed by atoms with van der Waals surface area (Å²) in [5.74, 6) is -0.158. The third-order valence-electron chi connectivity index (χ3n) is 4.62. The topological polar surface area (TPSA) is 56.2 Å². The van der Waals surface area contributed by atoms with Gasteiger partial charge in [0.05, 0.1) is 18.0 Å². The molecule has 0 spiro atoms. The van der Waals surface area contributed by atoms with Crippen LogP contribution in [0.15, 0.2) is 36.4 Å². The monoisotopic (exact) mass is 377 g/mol. The predicted octanol–water partition coefficient (Wildman–Crippen LogP) is 4.50. The molecule has 2 N–H and O–H groups in total. The maximum absolute atomic E-state index is 13.0. The predicted molar refractivity (Wildman–Crippen MR) is 95.3 cm³/mol. The summed E-state index contributed by atoms with van der Waals surface area (Å²) in [6.45, 7) is 0. The molecule has 2 heterocycles. The quantitative estimate of drug-likeness (QED) is 0.656. The number of amides is 1. The van der Waals surface area contributed by atoms with E-state index in [1.54, 1.807) is 0 Å². The fourth-order valence-electron chi connectivity index (χ4n) is 3.14. The number of nitrogens with one attached hydrogen (secondary N) is 2. The van der Waals surface area contributed by atoms with Crippen molar-refractivity contribution in [3.05, 3.63) is 47.5 Å². The van der Waals surface area contributed by atoms with Gasteiger partial charge in [-0.3, -0.25) is 15.1 Å². The maximum Gasteiger partial charge on any atom is 0.416 e. The summed E-state index contributed by atoms with van der Waals surface area (Å²) in [5.41, 5.74) is 0.102. The molecule has 1 unspecified atom stereocenters. The minimum atomic E-state index is -4.39. The summed E-state index contributed by atoms with van der Waals surface area (Å²) < 4.78 is 40.8. The number of halogens is 3. The van der Waals surface area contributed by atoms with E-state index < -0.39 is 11.7 Å². The second-order valence-electron chi connectivity index (χ2n) is 6.27. The average Bonchev–Trinajstić information content (AvgIpc) is 2.95. The summed E-state index contributed by atoms with van der Waals surface area (Å²) in [6.07, 6.45) is -4.20. The van der Waals surface area contributed by atoms with Crippen LogP contribution < -0.4 is 5.32 Å². The first kappa shape index (κ1) is 16.8. The molecule has 1 amide bonds. The largest absolute Gasteiger partial charge is 0.416 e. The van der Waals surface area contributed by atoms with Crippen molar-refractivity contribution < 1.29 is 18.0 Å². The Bertz CT molecular complexity index is 1040. The maximum atomic E-state index is 13.0. The van der Waals surface area contributed by atoms with Crippen LogP contribution in [-0.4, -0.2) is 23.8 Å². The number of carbonyl (C=O) groups is 1. The molecule has 1 aliphatic heterocycles. The third-order valence-corrected chi connectivity index (χ3v) is 5.77. The highest BCUT2D eigenvalue weighted by molar-refractivity contribution is 7.25. The first-order valence-electron chi connectivity index (χ1n) is 7.89. The van der Waals surface area contributed by atoms with E-state index in [9.17, 15) is 18.0 Å². The number of alkyl halides is 3. The molecule has 26 heavy (non-hydrogen) atoms. The van der Waals surface area contributed by atoms with Crippen LogP contribution in [0.1, 0.15) is 23.6 Å². The van der Waals surface area contributed by atoms with Crippen molar-refractivity contribution in [2.24, 2.45) is 0 Å². The van der Waals surface area contributed by atoms with Gasteiger partial charge in [-0.1, -0.05) is 6.07 Å². The molecule has 0 saturated carbocycles. The first-order valence-corrected chi connectivity index (χ1v) is 8.71. The van der Waals surface area contributed by atoms with Crippen LogP contribution in [0, 0.1) is 5.41 Å². The zero-order chi connectivity index (χ0) is 18.6. The lowest BCUT2D eigenvalue weighted by atomic mass is 9.99. The second kappa shape index (κ2) is 5.70. The van der Waals surface area contributed by atoms with Gasteiger partial charge in [0.25, 0.3) is 0 Å². The van der Waals surface area contributed by atoms with Crippen LogP contribution in [-0.2, 0) is 11.0 Å².